The van der Waals surface area contributed by atoms with E-state index in [0.717, 1.165) is 47.6 Å². The van der Waals surface area contributed by atoms with Crippen molar-refractivity contribution < 1.29 is 14.3 Å². The highest BCUT2D eigenvalue weighted by Gasteiger charge is 2.40. The topological polar surface area (TPSA) is 82.7 Å². The number of carbonyl (C=O) groups excluding carboxylic acids is 2. The number of rotatable bonds is 7. The van der Waals surface area contributed by atoms with E-state index in [1.54, 1.807) is 7.11 Å². The van der Waals surface area contributed by atoms with Gasteiger partial charge in [-0.2, -0.15) is 0 Å². The van der Waals surface area contributed by atoms with Crippen LogP contribution in [0.25, 0.3) is 0 Å². The Labute approximate surface area is 199 Å². The number of nitrogens with zero attached hydrogens (tertiary/aromatic N) is 1. The van der Waals surface area contributed by atoms with Gasteiger partial charge in [-0.3, -0.25) is 19.8 Å². The number of nitrogens with one attached hydrogen (secondary N) is 3. The number of fused-ring (bicyclic) bond motifs is 1. The molecule has 176 valence electrons. The lowest BCUT2D eigenvalue weighted by molar-refractivity contribution is -0.130. The summed E-state index contributed by atoms with van der Waals surface area (Å²) in [7, 11) is 1.68. The second-order valence-electron chi connectivity index (χ2n) is 8.71. The minimum Gasteiger partial charge on any atom is -0.496 e. The molecule has 0 spiro atoms. The molecule has 3 N–H and O–H groups in total. The number of benzene rings is 2. The van der Waals surface area contributed by atoms with Crippen LogP contribution in [-0.2, 0) is 16.1 Å². The highest BCUT2D eigenvalue weighted by molar-refractivity contribution is 8.00. The largest absolute Gasteiger partial charge is 0.496 e. The molecule has 7 nitrogen and oxygen atoms in total. The molecule has 3 atom stereocenters. The van der Waals surface area contributed by atoms with E-state index in [1.807, 2.05) is 50.2 Å². The zero-order valence-corrected chi connectivity index (χ0v) is 20.2. The number of thioether (sulfide) groups is 1. The van der Waals surface area contributed by atoms with Crippen molar-refractivity contribution >= 4 is 29.3 Å². The Bertz CT molecular complexity index is 1010. The van der Waals surface area contributed by atoms with Crippen molar-refractivity contribution in [2.45, 2.75) is 38.4 Å². The number of amides is 2. The first-order chi connectivity index (χ1) is 15.9. The van der Waals surface area contributed by atoms with E-state index in [-0.39, 0.29) is 35.0 Å². The van der Waals surface area contributed by atoms with Gasteiger partial charge in [-0.05, 0) is 43.5 Å². The van der Waals surface area contributed by atoms with Crippen molar-refractivity contribution in [1.82, 2.24) is 15.5 Å². The monoisotopic (exact) mass is 468 g/mol. The molecule has 2 aromatic rings. The molecule has 0 aliphatic carbocycles. The number of likely N-dealkylation sites (tertiary alicyclic amines) is 1. The lowest BCUT2D eigenvalue weighted by atomic mass is 9.89. The van der Waals surface area contributed by atoms with E-state index in [9.17, 15) is 9.59 Å². The van der Waals surface area contributed by atoms with E-state index in [0.29, 0.717) is 6.54 Å². The average Bonchev–Trinajstić information content (AvgIpc) is 2.81. The maximum Gasteiger partial charge on any atom is 0.234 e. The summed E-state index contributed by atoms with van der Waals surface area (Å²) in [5.74, 6) is 1.02. The molecule has 0 radical (unpaired) electrons. The maximum atomic E-state index is 12.9. The second-order valence-corrected chi connectivity index (χ2v) is 9.80. The highest BCUT2D eigenvalue weighted by Crippen LogP contribution is 2.27. The van der Waals surface area contributed by atoms with Crippen LogP contribution in [0.5, 0.6) is 5.75 Å². The quantitative estimate of drug-likeness (QED) is 0.580. The number of para-hydroxylation sites is 1. The van der Waals surface area contributed by atoms with Crippen molar-refractivity contribution in [2.75, 3.05) is 31.3 Å². The Hall–Kier alpha value is -2.55. The van der Waals surface area contributed by atoms with Crippen LogP contribution in [-0.4, -0.2) is 54.2 Å². The fourth-order valence-electron chi connectivity index (χ4n) is 4.50. The first kappa shape index (κ1) is 23.6. The number of ether oxygens (including phenoxy) is 1. The normalized spacial score (nSPS) is 22.9. The lowest BCUT2D eigenvalue weighted by Gasteiger charge is -2.43. The highest BCUT2D eigenvalue weighted by atomic mass is 32.2. The van der Waals surface area contributed by atoms with Gasteiger partial charge < -0.3 is 15.4 Å². The lowest BCUT2D eigenvalue weighted by Crippen LogP contribution is -2.64. The summed E-state index contributed by atoms with van der Waals surface area (Å²) in [4.78, 5) is 27.6. The predicted octanol–water partition coefficient (Wildman–Crippen LogP) is 2.88. The van der Waals surface area contributed by atoms with Gasteiger partial charge in [0.05, 0.1) is 18.8 Å². The summed E-state index contributed by atoms with van der Waals surface area (Å²) in [6.07, 6.45) is 0.888. The Morgan fingerprint density at radius 3 is 2.85 bits per heavy atom. The molecule has 33 heavy (non-hydrogen) atoms. The van der Waals surface area contributed by atoms with E-state index in [1.165, 1.54) is 11.8 Å². The van der Waals surface area contributed by atoms with E-state index in [2.05, 4.69) is 26.9 Å². The van der Waals surface area contributed by atoms with Gasteiger partial charge >= 0.3 is 0 Å². The van der Waals surface area contributed by atoms with Crippen molar-refractivity contribution in [3.63, 3.8) is 0 Å². The molecule has 8 heteroatoms. The molecule has 3 unspecified atom stereocenters. The van der Waals surface area contributed by atoms with Gasteiger partial charge in [-0.25, -0.2) is 0 Å². The van der Waals surface area contributed by atoms with Crippen molar-refractivity contribution in [3.8, 4) is 5.75 Å². The number of hydrogen-bond donors (Lipinski definition) is 3. The van der Waals surface area contributed by atoms with Gasteiger partial charge in [0.25, 0.3) is 0 Å². The van der Waals surface area contributed by atoms with Gasteiger partial charge in [-0.15, -0.1) is 11.8 Å². The van der Waals surface area contributed by atoms with Gasteiger partial charge in [-0.1, -0.05) is 30.3 Å². The Morgan fingerprint density at radius 1 is 1.21 bits per heavy atom. The molecule has 2 aliphatic rings. The summed E-state index contributed by atoms with van der Waals surface area (Å²) < 4.78 is 5.47. The molecule has 2 fully saturated rings. The zero-order chi connectivity index (χ0) is 23.4. The first-order valence-electron chi connectivity index (χ1n) is 11.3. The summed E-state index contributed by atoms with van der Waals surface area (Å²) >= 11 is 1.42. The van der Waals surface area contributed by atoms with Crippen LogP contribution in [0.2, 0.25) is 0 Å². The minimum atomic E-state index is -0.260. The SMILES string of the molecule is COc1ccccc1CN1CCC2NC(SCC(=O)Nc3cccc(C)c3C)NC(=O)C2C1. The van der Waals surface area contributed by atoms with Crippen LogP contribution in [0.15, 0.2) is 42.5 Å². The van der Waals surface area contributed by atoms with Crippen LogP contribution < -0.4 is 20.7 Å². The molecule has 0 bridgehead atoms. The van der Waals surface area contributed by atoms with E-state index < -0.39 is 0 Å². The van der Waals surface area contributed by atoms with Crippen LogP contribution in [0.4, 0.5) is 5.69 Å². The van der Waals surface area contributed by atoms with E-state index in [4.69, 9.17) is 4.74 Å². The molecule has 4 rings (SSSR count). The number of carbonyl (C=O) groups is 2. The number of aryl methyl sites for hydroxylation is 1. The standard InChI is InChI=1S/C25H32N4O3S/c1-16-7-6-9-20(17(16)2)26-23(30)15-33-25-27-21-11-12-29(14-19(21)24(31)28-25)13-18-8-4-5-10-22(18)32-3/h4-10,19,21,25,27H,11-15H2,1-3H3,(H,26,30)(H,28,31). The van der Waals surface area contributed by atoms with Gasteiger partial charge in [0.2, 0.25) is 11.8 Å². The number of methoxy groups -OCH3 is 1. The zero-order valence-electron chi connectivity index (χ0n) is 19.4. The molecule has 2 aliphatic heterocycles. The van der Waals surface area contributed by atoms with Gasteiger partial charge in [0.1, 0.15) is 11.2 Å². The molecular formula is C25H32N4O3S. The van der Waals surface area contributed by atoms with Crippen LogP contribution in [0.1, 0.15) is 23.1 Å². The van der Waals surface area contributed by atoms with Crippen molar-refractivity contribution in [1.29, 1.82) is 0 Å². The average molecular weight is 469 g/mol. The summed E-state index contributed by atoms with van der Waals surface area (Å²) in [6, 6.07) is 14.0. The maximum absolute atomic E-state index is 12.9. The minimum absolute atomic E-state index is 0.0518. The molecule has 0 saturated carbocycles. The smallest absolute Gasteiger partial charge is 0.234 e. The van der Waals surface area contributed by atoms with Gasteiger partial charge in [0.15, 0.2) is 0 Å². The van der Waals surface area contributed by atoms with Crippen LogP contribution in [0, 0.1) is 19.8 Å². The molecule has 2 amide bonds. The number of anilines is 1. The van der Waals surface area contributed by atoms with E-state index >= 15 is 0 Å². The third kappa shape index (κ3) is 5.69. The molecule has 2 heterocycles. The Morgan fingerprint density at radius 2 is 2.03 bits per heavy atom. The van der Waals surface area contributed by atoms with Crippen LogP contribution >= 0.6 is 11.8 Å². The molecule has 2 saturated heterocycles. The fourth-order valence-corrected chi connectivity index (χ4v) is 5.36. The summed E-state index contributed by atoms with van der Waals surface area (Å²) in [5.41, 5.74) is 3.92. The molecule has 2 aromatic carbocycles. The van der Waals surface area contributed by atoms with Crippen molar-refractivity contribution in [3.05, 3.63) is 59.2 Å². The van der Waals surface area contributed by atoms with Gasteiger partial charge in [0, 0.05) is 36.9 Å². The molecular weight excluding hydrogens is 436 g/mol. The number of piperidine rings is 1. The van der Waals surface area contributed by atoms with Crippen LogP contribution in [0.3, 0.4) is 0 Å². The second kappa shape index (κ2) is 10.6. The third-order valence-corrected chi connectivity index (χ3v) is 7.53. The Kier molecular flexibility index (Phi) is 7.57. The fraction of sp³-hybridized carbons (Fsp3) is 0.440. The predicted molar refractivity (Wildman–Crippen MR) is 132 cm³/mol. The number of hydrogen-bond acceptors (Lipinski definition) is 6. The summed E-state index contributed by atoms with van der Waals surface area (Å²) in [6.45, 7) is 6.40. The Balaban J connectivity index is 1.28. The van der Waals surface area contributed by atoms with Crippen molar-refractivity contribution in [2.24, 2.45) is 5.92 Å². The molecule has 0 aromatic heterocycles. The summed E-state index contributed by atoms with van der Waals surface area (Å²) in [5, 5.41) is 9.56. The third-order valence-electron chi connectivity index (χ3n) is 6.52. The first-order valence-corrected chi connectivity index (χ1v) is 12.4.